The second-order valence-electron chi connectivity index (χ2n) is 6.92. The lowest BCUT2D eigenvalue weighted by atomic mass is 9.78. The summed E-state index contributed by atoms with van der Waals surface area (Å²) in [6, 6.07) is 0. The molecule has 1 nitrogen and oxygen atoms in total. The molecule has 1 unspecified atom stereocenters. The topological polar surface area (TPSA) is 26.0 Å². The molecule has 0 saturated heterocycles. The number of hydrogen-bond donors (Lipinski definition) is 1. The Labute approximate surface area is 87.4 Å². The molecule has 1 heteroatoms. The van der Waals surface area contributed by atoms with Gasteiger partial charge in [-0.1, -0.05) is 13.8 Å². The summed E-state index contributed by atoms with van der Waals surface area (Å²) in [7, 11) is 0. The van der Waals surface area contributed by atoms with E-state index in [4.69, 9.17) is 5.73 Å². The average molecular weight is 193 g/mol. The van der Waals surface area contributed by atoms with Gasteiger partial charge in [0.1, 0.15) is 0 Å². The molecule has 3 fully saturated rings. The highest BCUT2D eigenvalue weighted by Gasteiger charge is 2.67. The smallest absolute Gasteiger partial charge is 0.0215 e. The molecule has 3 rings (SSSR count). The van der Waals surface area contributed by atoms with Crippen LogP contribution in [0.2, 0.25) is 0 Å². The fourth-order valence-electron chi connectivity index (χ4n) is 3.99. The van der Waals surface area contributed by atoms with E-state index in [2.05, 4.69) is 13.8 Å². The van der Waals surface area contributed by atoms with Crippen molar-refractivity contribution in [3.05, 3.63) is 0 Å². The molecule has 0 heterocycles. The SMILES string of the molecule is CC1(C)CCC(C2(C3(N)CC3)CC2)C1. The van der Waals surface area contributed by atoms with Crippen LogP contribution in [-0.2, 0) is 0 Å². The van der Waals surface area contributed by atoms with Crippen molar-refractivity contribution in [2.24, 2.45) is 22.5 Å². The van der Waals surface area contributed by atoms with Gasteiger partial charge in [-0.2, -0.15) is 0 Å². The van der Waals surface area contributed by atoms with Gasteiger partial charge in [0, 0.05) is 5.54 Å². The van der Waals surface area contributed by atoms with Gasteiger partial charge in [-0.15, -0.1) is 0 Å². The van der Waals surface area contributed by atoms with Crippen molar-refractivity contribution in [2.45, 2.75) is 64.3 Å². The summed E-state index contributed by atoms with van der Waals surface area (Å²) < 4.78 is 0. The van der Waals surface area contributed by atoms with Gasteiger partial charge in [0.05, 0.1) is 0 Å². The maximum absolute atomic E-state index is 6.46. The summed E-state index contributed by atoms with van der Waals surface area (Å²) in [4.78, 5) is 0. The van der Waals surface area contributed by atoms with Gasteiger partial charge in [0.25, 0.3) is 0 Å². The van der Waals surface area contributed by atoms with Crippen molar-refractivity contribution in [3.63, 3.8) is 0 Å². The number of hydrogen-bond acceptors (Lipinski definition) is 1. The van der Waals surface area contributed by atoms with Crippen LogP contribution in [0.1, 0.15) is 58.8 Å². The molecule has 0 amide bonds. The van der Waals surface area contributed by atoms with E-state index in [0.717, 1.165) is 5.92 Å². The van der Waals surface area contributed by atoms with Gasteiger partial charge >= 0.3 is 0 Å². The van der Waals surface area contributed by atoms with Gasteiger partial charge < -0.3 is 5.73 Å². The van der Waals surface area contributed by atoms with E-state index in [1.807, 2.05) is 0 Å². The minimum Gasteiger partial charge on any atom is -0.325 e. The molecule has 3 saturated carbocycles. The Morgan fingerprint density at radius 1 is 1.00 bits per heavy atom. The Kier molecular flexibility index (Phi) is 1.56. The van der Waals surface area contributed by atoms with Crippen LogP contribution in [0.3, 0.4) is 0 Å². The van der Waals surface area contributed by atoms with Gasteiger partial charge in [0.2, 0.25) is 0 Å². The lowest BCUT2D eigenvalue weighted by Crippen LogP contribution is -2.38. The molecule has 1 atom stereocenters. The molecule has 3 aliphatic carbocycles. The van der Waals surface area contributed by atoms with E-state index in [1.165, 1.54) is 44.9 Å². The van der Waals surface area contributed by atoms with E-state index in [-0.39, 0.29) is 5.54 Å². The normalized spacial score (nSPS) is 40.9. The van der Waals surface area contributed by atoms with Gasteiger partial charge in [-0.3, -0.25) is 0 Å². The van der Waals surface area contributed by atoms with E-state index in [0.29, 0.717) is 10.8 Å². The molecule has 0 aromatic rings. The van der Waals surface area contributed by atoms with Crippen molar-refractivity contribution >= 4 is 0 Å². The van der Waals surface area contributed by atoms with Crippen LogP contribution in [0.15, 0.2) is 0 Å². The predicted octanol–water partition coefficient (Wildman–Crippen LogP) is 3.08. The maximum atomic E-state index is 6.46. The summed E-state index contributed by atoms with van der Waals surface area (Å²) in [5, 5.41) is 0. The van der Waals surface area contributed by atoms with Crippen LogP contribution in [-0.4, -0.2) is 5.54 Å². The quantitative estimate of drug-likeness (QED) is 0.716. The minimum absolute atomic E-state index is 0.290. The van der Waals surface area contributed by atoms with Crippen molar-refractivity contribution in [3.8, 4) is 0 Å². The molecule has 0 aromatic heterocycles. The molecular formula is C13H23N. The third-order valence-electron chi connectivity index (χ3n) is 5.32. The number of nitrogens with two attached hydrogens (primary N) is 1. The highest BCUT2D eigenvalue weighted by Crippen LogP contribution is 2.70. The van der Waals surface area contributed by atoms with Crippen LogP contribution in [0.25, 0.3) is 0 Å². The fourth-order valence-corrected chi connectivity index (χ4v) is 3.99. The van der Waals surface area contributed by atoms with E-state index >= 15 is 0 Å². The standard InChI is InChI=1S/C13H23N/c1-11(2)4-3-10(9-11)12(5-6-12)13(14)7-8-13/h10H,3-9,14H2,1-2H3. The van der Waals surface area contributed by atoms with Gasteiger partial charge in [-0.25, -0.2) is 0 Å². The van der Waals surface area contributed by atoms with Crippen LogP contribution in [0.5, 0.6) is 0 Å². The minimum atomic E-state index is 0.290. The summed E-state index contributed by atoms with van der Waals surface area (Å²) in [5.74, 6) is 0.963. The van der Waals surface area contributed by atoms with E-state index in [9.17, 15) is 0 Å². The largest absolute Gasteiger partial charge is 0.325 e. The molecule has 2 N–H and O–H groups in total. The third-order valence-corrected chi connectivity index (χ3v) is 5.32. The Morgan fingerprint density at radius 3 is 2.00 bits per heavy atom. The van der Waals surface area contributed by atoms with Crippen molar-refractivity contribution < 1.29 is 0 Å². The first-order valence-corrected chi connectivity index (χ1v) is 6.27. The Hall–Kier alpha value is -0.0400. The lowest BCUT2D eigenvalue weighted by Gasteiger charge is -2.30. The molecule has 0 radical (unpaired) electrons. The van der Waals surface area contributed by atoms with E-state index < -0.39 is 0 Å². The molecule has 0 spiro atoms. The highest BCUT2D eigenvalue weighted by atomic mass is 14.9. The Bertz CT molecular complexity index is 258. The molecule has 14 heavy (non-hydrogen) atoms. The number of rotatable bonds is 2. The zero-order chi connectivity index (χ0) is 10.0. The molecule has 3 aliphatic rings. The third kappa shape index (κ3) is 1.11. The fraction of sp³-hybridized carbons (Fsp3) is 1.00. The maximum Gasteiger partial charge on any atom is 0.0215 e. The van der Waals surface area contributed by atoms with Crippen molar-refractivity contribution in [1.82, 2.24) is 0 Å². The van der Waals surface area contributed by atoms with E-state index in [1.54, 1.807) is 0 Å². The van der Waals surface area contributed by atoms with Crippen molar-refractivity contribution in [2.75, 3.05) is 0 Å². The Morgan fingerprint density at radius 2 is 1.64 bits per heavy atom. The molecular weight excluding hydrogens is 170 g/mol. The molecule has 0 aliphatic heterocycles. The average Bonchev–Trinajstić information content (AvgIpc) is 2.96. The first kappa shape index (κ1) is 9.21. The lowest BCUT2D eigenvalue weighted by molar-refractivity contribution is 0.222. The van der Waals surface area contributed by atoms with Gasteiger partial charge in [-0.05, 0) is 61.7 Å². The second kappa shape index (κ2) is 2.37. The monoisotopic (exact) mass is 193 g/mol. The molecule has 0 aromatic carbocycles. The predicted molar refractivity (Wildman–Crippen MR) is 58.9 cm³/mol. The summed E-state index contributed by atoms with van der Waals surface area (Å²) in [5.41, 5.74) is 7.96. The second-order valence-corrected chi connectivity index (χ2v) is 6.92. The van der Waals surface area contributed by atoms with Crippen molar-refractivity contribution in [1.29, 1.82) is 0 Å². The zero-order valence-corrected chi connectivity index (χ0v) is 9.60. The summed E-state index contributed by atoms with van der Waals surface area (Å²) in [6.07, 6.45) is 9.80. The van der Waals surface area contributed by atoms with Crippen LogP contribution >= 0.6 is 0 Å². The van der Waals surface area contributed by atoms with Crippen LogP contribution in [0.4, 0.5) is 0 Å². The Balaban J connectivity index is 1.78. The first-order valence-electron chi connectivity index (χ1n) is 6.27. The summed E-state index contributed by atoms with van der Waals surface area (Å²) >= 11 is 0. The van der Waals surface area contributed by atoms with Gasteiger partial charge in [0.15, 0.2) is 0 Å². The van der Waals surface area contributed by atoms with Crippen LogP contribution < -0.4 is 5.73 Å². The van der Waals surface area contributed by atoms with Crippen LogP contribution in [0, 0.1) is 16.7 Å². The molecule has 0 bridgehead atoms. The molecule has 80 valence electrons. The highest BCUT2D eigenvalue weighted by molar-refractivity contribution is 5.22. The summed E-state index contributed by atoms with van der Waals surface area (Å²) in [6.45, 7) is 4.86. The zero-order valence-electron chi connectivity index (χ0n) is 9.60. The first-order chi connectivity index (χ1) is 6.48.